The molecule has 12 heteroatoms. The molecule has 1 atom stereocenters. The van der Waals surface area contributed by atoms with Crippen molar-refractivity contribution in [2.45, 2.75) is 32.9 Å². The van der Waals surface area contributed by atoms with E-state index in [1.165, 1.54) is 23.1 Å². The van der Waals surface area contributed by atoms with E-state index in [2.05, 4.69) is 5.32 Å². The molecule has 0 aliphatic carbocycles. The highest BCUT2D eigenvalue weighted by molar-refractivity contribution is 7.92. The van der Waals surface area contributed by atoms with Crippen molar-refractivity contribution in [1.29, 1.82) is 0 Å². The first-order valence-electron chi connectivity index (χ1n) is 12.7. The minimum atomic E-state index is -3.98. The second-order valence-corrected chi connectivity index (χ2v) is 13.6. The average Bonchev–Trinajstić information content (AvgIpc) is 2.88. The molecule has 41 heavy (non-hydrogen) atoms. The zero-order valence-corrected chi connectivity index (χ0v) is 26.6. The third-order valence-corrected chi connectivity index (χ3v) is 8.45. The maximum atomic E-state index is 14.1. The van der Waals surface area contributed by atoms with Crippen LogP contribution in [0.5, 0.6) is 0 Å². The zero-order chi connectivity index (χ0) is 30.3. The van der Waals surface area contributed by atoms with Crippen molar-refractivity contribution >= 4 is 73.9 Å². The van der Waals surface area contributed by atoms with Gasteiger partial charge < -0.3 is 10.2 Å². The summed E-state index contributed by atoms with van der Waals surface area (Å²) in [6.07, 6.45) is 1.14. The Morgan fingerprint density at radius 3 is 2.00 bits per heavy atom. The van der Waals surface area contributed by atoms with E-state index in [0.29, 0.717) is 22.2 Å². The third kappa shape index (κ3) is 9.51. The van der Waals surface area contributed by atoms with Crippen LogP contribution in [0.2, 0.25) is 20.1 Å². The second kappa shape index (κ2) is 14.6. The number of carbonyl (C=O) groups excluding carboxylic acids is 2. The molecule has 2 amide bonds. The highest BCUT2D eigenvalue weighted by Gasteiger charge is 2.34. The van der Waals surface area contributed by atoms with Gasteiger partial charge in [-0.3, -0.25) is 13.9 Å². The van der Waals surface area contributed by atoms with Gasteiger partial charge in [0.15, 0.2) is 0 Å². The maximum absolute atomic E-state index is 14.1. The van der Waals surface area contributed by atoms with Crippen molar-refractivity contribution in [3.05, 3.63) is 97.9 Å². The first-order valence-corrected chi connectivity index (χ1v) is 16.1. The summed E-state index contributed by atoms with van der Waals surface area (Å²) in [5.74, 6) is -0.884. The summed E-state index contributed by atoms with van der Waals surface area (Å²) in [5.41, 5.74) is 1.34. The van der Waals surface area contributed by atoms with Crippen molar-refractivity contribution in [3.8, 4) is 0 Å². The summed E-state index contributed by atoms with van der Waals surface area (Å²) in [6.45, 7) is 3.53. The molecule has 0 aliphatic rings. The molecule has 0 saturated heterocycles. The smallest absolute Gasteiger partial charge is 0.244 e. The molecule has 1 N–H and O–H groups in total. The van der Waals surface area contributed by atoms with E-state index in [0.717, 1.165) is 16.1 Å². The van der Waals surface area contributed by atoms with Gasteiger partial charge in [-0.2, -0.15) is 0 Å². The lowest BCUT2D eigenvalue weighted by Gasteiger charge is -2.34. The average molecular weight is 659 g/mol. The Morgan fingerprint density at radius 2 is 1.46 bits per heavy atom. The van der Waals surface area contributed by atoms with Crippen LogP contribution in [0.15, 0.2) is 66.7 Å². The summed E-state index contributed by atoms with van der Waals surface area (Å²) >= 11 is 25.2. The fourth-order valence-corrected chi connectivity index (χ4v) is 5.99. The Hall–Kier alpha value is -2.49. The minimum absolute atomic E-state index is 0.109. The van der Waals surface area contributed by atoms with Crippen LogP contribution >= 0.6 is 46.4 Å². The molecule has 220 valence electrons. The van der Waals surface area contributed by atoms with Crippen LogP contribution in [0.3, 0.4) is 0 Å². The predicted molar refractivity (Wildman–Crippen MR) is 167 cm³/mol. The van der Waals surface area contributed by atoms with Gasteiger partial charge in [0.25, 0.3) is 0 Å². The molecule has 0 aliphatic heterocycles. The Labute approximate surface area is 261 Å². The number of halogens is 4. The zero-order valence-electron chi connectivity index (χ0n) is 22.8. The molecular formula is C29H31Cl4N3O4S. The summed E-state index contributed by atoms with van der Waals surface area (Å²) < 4.78 is 26.7. The first kappa shape index (κ1) is 33.0. The lowest BCUT2D eigenvalue weighted by atomic mass is 10.0. The first-order chi connectivity index (χ1) is 19.3. The van der Waals surface area contributed by atoms with Crippen LogP contribution < -0.4 is 9.62 Å². The van der Waals surface area contributed by atoms with E-state index >= 15 is 0 Å². The second-order valence-electron chi connectivity index (χ2n) is 9.96. The van der Waals surface area contributed by atoms with Gasteiger partial charge in [0.05, 0.1) is 11.9 Å². The van der Waals surface area contributed by atoms with Crippen molar-refractivity contribution in [1.82, 2.24) is 10.2 Å². The number of amides is 2. The van der Waals surface area contributed by atoms with Crippen LogP contribution in [-0.2, 0) is 32.6 Å². The molecule has 0 heterocycles. The fraction of sp³-hybridized carbons (Fsp3) is 0.310. The van der Waals surface area contributed by atoms with E-state index in [1.807, 2.05) is 44.2 Å². The van der Waals surface area contributed by atoms with Gasteiger partial charge in [-0.05, 0) is 41.8 Å². The summed E-state index contributed by atoms with van der Waals surface area (Å²) in [7, 11) is -3.98. The minimum Gasteiger partial charge on any atom is -0.354 e. The van der Waals surface area contributed by atoms with E-state index in [-0.39, 0.29) is 34.6 Å². The summed E-state index contributed by atoms with van der Waals surface area (Å²) in [6, 6.07) is 17.4. The molecule has 0 unspecified atom stereocenters. The molecule has 0 radical (unpaired) electrons. The molecule has 3 aromatic carbocycles. The van der Waals surface area contributed by atoms with Crippen LogP contribution in [0.1, 0.15) is 25.0 Å². The van der Waals surface area contributed by atoms with Crippen LogP contribution in [0.4, 0.5) is 5.69 Å². The number of rotatable bonds is 12. The number of benzene rings is 3. The van der Waals surface area contributed by atoms with E-state index in [9.17, 15) is 18.0 Å². The molecule has 3 aromatic rings. The summed E-state index contributed by atoms with van der Waals surface area (Å²) in [4.78, 5) is 29.1. The number of anilines is 1. The quantitative estimate of drug-likeness (QED) is 0.241. The standard InChI is InChI=1S/C29H31Cl4N3O4S/c1-19(2)16-34-29(38)27(12-20-8-5-4-6-9-20)35(17-24-25(32)10-7-11-26(24)33)28(37)18-36(41(3,39)40)23-14-21(30)13-22(31)15-23/h4-11,13-15,19,27H,12,16-18H2,1-3H3,(H,34,38)/t27-/m1/s1. The highest BCUT2D eigenvalue weighted by atomic mass is 35.5. The fourth-order valence-electron chi connectivity index (χ4n) is 4.13. The molecule has 0 spiro atoms. The van der Waals surface area contributed by atoms with E-state index < -0.39 is 34.4 Å². The van der Waals surface area contributed by atoms with Crippen molar-refractivity contribution in [2.24, 2.45) is 5.92 Å². The number of nitrogens with one attached hydrogen (secondary N) is 1. The largest absolute Gasteiger partial charge is 0.354 e. The van der Waals surface area contributed by atoms with Gasteiger partial charge in [0.2, 0.25) is 21.8 Å². The van der Waals surface area contributed by atoms with E-state index in [1.54, 1.807) is 18.2 Å². The van der Waals surface area contributed by atoms with Gasteiger partial charge in [0, 0.05) is 45.2 Å². The highest BCUT2D eigenvalue weighted by Crippen LogP contribution is 2.29. The van der Waals surface area contributed by atoms with Crippen LogP contribution in [0.25, 0.3) is 0 Å². The lowest BCUT2D eigenvalue weighted by Crippen LogP contribution is -2.53. The number of hydrogen-bond donors (Lipinski definition) is 1. The van der Waals surface area contributed by atoms with Crippen molar-refractivity contribution in [2.75, 3.05) is 23.7 Å². The molecule has 7 nitrogen and oxygen atoms in total. The lowest BCUT2D eigenvalue weighted by molar-refractivity contribution is -0.140. The van der Waals surface area contributed by atoms with E-state index in [4.69, 9.17) is 46.4 Å². The third-order valence-electron chi connectivity index (χ3n) is 6.16. The van der Waals surface area contributed by atoms with Crippen LogP contribution in [0, 0.1) is 5.92 Å². The molecular weight excluding hydrogens is 628 g/mol. The molecule has 0 fully saturated rings. The van der Waals surface area contributed by atoms with Crippen LogP contribution in [-0.4, -0.2) is 50.5 Å². The molecule has 0 bridgehead atoms. The number of nitrogens with zero attached hydrogens (tertiary/aromatic N) is 2. The SMILES string of the molecule is CC(C)CNC(=O)[C@@H](Cc1ccccc1)N(Cc1c(Cl)cccc1Cl)C(=O)CN(c1cc(Cl)cc(Cl)c1)S(C)(=O)=O. The van der Waals surface area contributed by atoms with Gasteiger partial charge in [0.1, 0.15) is 12.6 Å². The Kier molecular flexibility index (Phi) is 11.8. The monoisotopic (exact) mass is 657 g/mol. The van der Waals surface area contributed by atoms with Crippen molar-refractivity contribution < 1.29 is 18.0 Å². The van der Waals surface area contributed by atoms with Crippen molar-refractivity contribution in [3.63, 3.8) is 0 Å². The number of carbonyl (C=O) groups is 2. The molecule has 0 aromatic heterocycles. The van der Waals surface area contributed by atoms with Gasteiger partial charge in [-0.1, -0.05) is 96.6 Å². The number of sulfonamides is 1. The normalized spacial score (nSPS) is 12.2. The summed E-state index contributed by atoms with van der Waals surface area (Å²) in [5, 5.41) is 3.92. The predicted octanol–water partition coefficient (Wildman–Crippen LogP) is 6.48. The topological polar surface area (TPSA) is 86.8 Å². The van der Waals surface area contributed by atoms with Gasteiger partial charge in [-0.15, -0.1) is 0 Å². The Morgan fingerprint density at radius 1 is 0.878 bits per heavy atom. The van der Waals surface area contributed by atoms with Gasteiger partial charge >= 0.3 is 0 Å². The Balaban J connectivity index is 2.11. The maximum Gasteiger partial charge on any atom is 0.244 e. The van der Waals surface area contributed by atoms with Gasteiger partial charge in [-0.25, -0.2) is 8.42 Å². The Bertz CT molecular complexity index is 1450. The molecule has 3 rings (SSSR count). The number of hydrogen-bond acceptors (Lipinski definition) is 4. The molecule has 0 saturated carbocycles.